The molecule has 0 atom stereocenters. The van der Waals surface area contributed by atoms with E-state index in [0.29, 0.717) is 11.4 Å². The third kappa shape index (κ3) is 2.61. The summed E-state index contributed by atoms with van der Waals surface area (Å²) in [5.41, 5.74) is 1.58. The molecule has 0 spiro atoms. The standard InChI is InChI=1S/C11H9N3OS/c1-8(15)16-4-2-3-10-5-9-6-13-14-11(9)7-12-10/h5-7H,4H2,1H3,(H,13,14). The highest BCUT2D eigenvalue weighted by molar-refractivity contribution is 8.13. The third-order valence-corrected chi connectivity index (χ3v) is 2.58. The number of carbonyl (C=O) groups is 1. The number of pyridine rings is 1. The molecule has 80 valence electrons. The lowest BCUT2D eigenvalue weighted by molar-refractivity contribution is -0.109. The zero-order valence-corrected chi connectivity index (χ0v) is 9.47. The lowest BCUT2D eigenvalue weighted by atomic mass is 10.3. The fourth-order valence-electron chi connectivity index (χ4n) is 1.18. The molecular formula is C11H9N3OS. The Morgan fingerprint density at radius 3 is 3.25 bits per heavy atom. The monoisotopic (exact) mass is 231 g/mol. The van der Waals surface area contributed by atoms with E-state index in [-0.39, 0.29) is 5.12 Å². The van der Waals surface area contributed by atoms with Crippen LogP contribution in [0.4, 0.5) is 0 Å². The molecule has 2 aromatic heterocycles. The van der Waals surface area contributed by atoms with E-state index in [1.807, 2.05) is 6.07 Å². The van der Waals surface area contributed by atoms with Crippen molar-refractivity contribution in [3.8, 4) is 11.8 Å². The zero-order chi connectivity index (χ0) is 11.4. The van der Waals surface area contributed by atoms with Gasteiger partial charge in [-0.15, -0.1) is 0 Å². The normalized spacial score (nSPS) is 9.81. The van der Waals surface area contributed by atoms with Crippen molar-refractivity contribution in [1.82, 2.24) is 15.2 Å². The van der Waals surface area contributed by atoms with Crippen LogP contribution in [0, 0.1) is 11.8 Å². The Kier molecular flexibility index (Phi) is 3.22. The molecule has 0 radical (unpaired) electrons. The molecule has 2 aromatic rings. The molecule has 0 aliphatic carbocycles. The fourth-order valence-corrected chi connectivity index (χ4v) is 1.52. The maximum atomic E-state index is 10.7. The molecule has 0 aromatic carbocycles. The SMILES string of the molecule is CC(=O)SCC#Cc1cc2cn[nH]c2cn1. The third-order valence-electron chi connectivity index (χ3n) is 1.89. The van der Waals surface area contributed by atoms with Crippen LogP contribution >= 0.6 is 11.8 Å². The fraction of sp³-hybridized carbons (Fsp3) is 0.182. The van der Waals surface area contributed by atoms with Crippen LogP contribution in [-0.2, 0) is 4.79 Å². The average Bonchev–Trinajstić information content (AvgIpc) is 2.71. The van der Waals surface area contributed by atoms with Crippen LogP contribution in [0.5, 0.6) is 0 Å². The van der Waals surface area contributed by atoms with Crippen LogP contribution in [0.1, 0.15) is 12.6 Å². The van der Waals surface area contributed by atoms with E-state index >= 15 is 0 Å². The molecule has 0 fully saturated rings. The first-order valence-electron chi connectivity index (χ1n) is 4.67. The van der Waals surface area contributed by atoms with E-state index in [9.17, 15) is 4.79 Å². The lowest BCUT2D eigenvalue weighted by Gasteiger charge is -1.90. The minimum absolute atomic E-state index is 0.0764. The maximum Gasteiger partial charge on any atom is 0.186 e. The van der Waals surface area contributed by atoms with Crippen molar-refractivity contribution in [3.63, 3.8) is 0 Å². The summed E-state index contributed by atoms with van der Waals surface area (Å²) >= 11 is 1.20. The summed E-state index contributed by atoms with van der Waals surface area (Å²) in [6.45, 7) is 1.53. The molecule has 0 aliphatic rings. The maximum absolute atomic E-state index is 10.7. The van der Waals surface area contributed by atoms with Gasteiger partial charge in [-0.1, -0.05) is 17.7 Å². The molecule has 1 N–H and O–H groups in total. The first kappa shape index (κ1) is 10.7. The van der Waals surface area contributed by atoms with Crippen molar-refractivity contribution < 1.29 is 4.79 Å². The number of rotatable bonds is 1. The predicted molar refractivity (Wildman–Crippen MR) is 63.9 cm³/mol. The van der Waals surface area contributed by atoms with Crippen molar-refractivity contribution in [2.75, 3.05) is 5.75 Å². The Morgan fingerprint density at radius 2 is 2.44 bits per heavy atom. The van der Waals surface area contributed by atoms with Crippen LogP contribution in [0.25, 0.3) is 10.9 Å². The van der Waals surface area contributed by atoms with Gasteiger partial charge >= 0.3 is 0 Å². The quantitative estimate of drug-likeness (QED) is 0.757. The lowest BCUT2D eigenvalue weighted by Crippen LogP contribution is -1.84. The second-order valence-electron chi connectivity index (χ2n) is 3.11. The molecular weight excluding hydrogens is 222 g/mol. The molecule has 5 heteroatoms. The number of aromatic amines is 1. The Labute approximate surface area is 96.8 Å². The number of thioether (sulfide) groups is 1. The number of hydrogen-bond acceptors (Lipinski definition) is 4. The summed E-state index contributed by atoms with van der Waals surface area (Å²) < 4.78 is 0. The molecule has 0 saturated heterocycles. The van der Waals surface area contributed by atoms with E-state index in [2.05, 4.69) is 27.0 Å². The van der Waals surface area contributed by atoms with E-state index in [1.165, 1.54) is 18.7 Å². The number of carbonyl (C=O) groups excluding carboxylic acids is 1. The van der Waals surface area contributed by atoms with Gasteiger partial charge in [-0.05, 0) is 12.0 Å². The summed E-state index contributed by atoms with van der Waals surface area (Å²) in [6.07, 6.45) is 3.43. The van der Waals surface area contributed by atoms with E-state index in [4.69, 9.17) is 0 Å². The number of fused-ring (bicyclic) bond motifs is 1. The molecule has 2 rings (SSSR count). The van der Waals surface area contributed by atoms with Crippen LogP contribution in [0.15, 0.2) is 18.5 Å². The first-order valence-corrected chi connectivity index (χ1v) is 5.65. The van der Waals surface area contributed by atoms with Crippen LogP contribution in [0.3, 0.4) is 0 Å². The molecule has 0 saturated carbocycles. The average molecular weight is 231 g/mol. The summed E-state index contributed by atoms with van der Waals surface area (Å²) in [4.78, 5) is 14.8. The minimum Gasteiger partial charge on any atom is -0.288 e. The molecule has 0 unspecified atom stereocenters. The topological polar surface area (TPSA) is 58.6 Å². The number of H-pyrrole nitrogens is 1. The van der Waals surface area contributed by atoms with Crippen LogP contribution < -0.4 is 0 Å². The van der Waals surface area contributed by atoms with Gasteiger partial charge in [0, 0.05) is 12.3 Å². The van der Waals surface area contributed by atoms with Crippen molar-refractivity contribution in [3.05, 3.63) is 24.2 Å². The van der Waals surface area contributed by atoms with Gasteiger partial charge in [-0.3, -0.25) is 9.89 Å². The van der Waals surface area contributed by atoms with Gasteiger partial charge in [-0.2, -0.15) is 5.10 Å². The number of nitrogens with one attached hydrogen (secondary N) is 1. The first-order chi connectivity index (χ1) is 7.75. The van der Waals surface area contributed by atoms with Crippen molar-refractivity contribution in [2.45, 2.75) is 6.92 Å². The Balaban J connectivity index is 2.11. The highest BCUT2D eigenvalue weighted by atomic mass is 32.2. The second-order valence-corrected chi connectivity index (χ2v) is 4.26. The smallest absolute Gasteiger partial charge is 0.186 e. The van der Waals surface area contributed by atoms with Crippen molar-refractivity contribution in [2.24, 2.45) is 0 Å². The number of nitrogens with zero attached hydrogens (tertiary/aromatic N) is 2. The molecule has 2 heterocycles. The van der Waals surface area contributed by atoms with Crippen LogP contribution in [-0.4, -0.2) is 26.0 Å². The zero-order valence-electron chi connectivity index (χ0n) is 8.65. The molecule has 0 bridgehead atoms. The molecule has 0 amide bonds. The molecule has 16 heavy (non-hydrogen) atoms. The number of hydrogen-bond donors (Lipinski definition) is 1. The molecule has 0 aliphatic heterocycles. The Bertz CT molecular complexity index is 579. The summed E-state index contributed by atoms with van der Waals surface area (Å²) in [5.74, 6) is 6.30. The Morgan fingerprint density at radius 1 is 1.56 bits per heavy atom. The summed E-state index contributed by atoms with van der Waals surface area (Å²) in [5, 5.41) is 7.78. The highest BCUT2D eigenvalue weighted by Crippen LogP contribution is 2.09. The summed E-state index contributed by atoms with van der Waals surface area (Å²) in [7, 11) is 0. The summed E-state index contributed by atoms with van der Waals surface area (Å²) in [6, 6.07) is 1.87. The number of aromatic nitrogens is 3. The minimum atomic E-state index is 0.0764. The van der Waals surface area contributed by atoms with Gasteiger partial charge in [0.05, 0.1) is 23.7 Å². The van der Waals surface area contributed by atoms with Crippen molar-refractivity contribution >= 4 is 27.8 Å². The van der Waals surface area contributed by atoms with Gasteiger partial charge in [0.25, 0.3) is 0 Å². The van der Waals surface area contributed by atoms with Gasteiger partial charge < -0.3 is 0 Å². The van der Waals surface area contributed by atoms with Gasteiger partial charge in [0.1, 0.15) is 5.69 Å². The van der Waals surface area contributed by atoms with Gasteiger partial charge in [-0.25, -0.2) is 4.98 Å². The second kappa shape index (κ2) is 4.81. The van der Waals surface area contributed by atoms with E-state index < -0.39 is 0 Å². The predicted octanol–water partition coefficient (Wildman–Crippen LogP) is 1.59. The largest absolute Gasteiger partial charge is 0.288 e. The van der Waals surface area contributed by atoms with E-state index in [0.717, 1.165) is 10.9 Å². The molecule has 4 nitrogen and oxygen atoms in total. The van der Waals surface area contributed by atoms with Gasteiger partial charge in [0.15, 0.2) is 5.12 Å². The van der Waals surface area contributed by atoms with Crippen molar-refractivity contribution in [1.29, 1.82) is 0 Å². The highest BCUT2D eigenvalue weighted by Gasteiger charge is 1.96. The van der Waals surface area contributed by atoms with Crippen LogP contribution in [0.2, 0.25) is 0 Å². The Hall–Kier alpha value is -1.80. The van der Waals surface area contributed by atoms with Gasteiger partial charge in [0.2, 0.25) is 0 Å². The van der Waals surface area contributed by atoms with E-state index in [1.54, 1.807) is 12.4 Å².